The fourth-order valence-corrected chi connectivity index (χ4v) is 2.69. The predicted octanol–water partition coefficient (Wildman–Crippen LogP) is 1.90. The van der Waals surface area contributed by atoms with Crippen molar-refractivity contribution in [1.82, 2.24) is 4.98 Å². The van der Waals surface area contributed by atoms with Crippen molar-refractivity contribution in [3.05, 3.63) is 30.0 Å². The Bertz CT molecular complexity index is 828. The van der Waals surface area contributed by atoms with Gasteiger partial charge in [0.15, 0.2) is 5.13 Å². The van der Waals surface area contributed by atoms with Crippen molar-refractivity contribution in [2.45, 2.75) is 6.92 Å². The van der Waals surface area contributed by atoms with E-state index in [-0.39, 0.29) is 11.6 Å². The number of methoxy groups -OCH3 is 2. The molecule has 0 aliphatic rings. The number of carbonyl (C=O) groups excluding carboxylic acids is 3. The Labute approximate surface area is 141 Å². The van der Waals surface area contributed by atoms with Gasteiger partial charge in [0.1, 0.15) is 5.70 Å². The summed E-state index contributed by atoms with van der Waals surface area (Å²) in [6.45, 7) is 1.40. The maximum Gasteiger partial charge on any atom is 0.354 e. The lowest BCUT2D eigenvalue weighted by molar-refractivity contribution is -0.138. The SMILES string of the molecule is COC(=O)/C=C(/Nc1ccc2sc(NC(C)=O)nc2c1)C(=O)OC. The number of hydrogen-bond donors (Lipinski definition) is 2. The molecule has 0 radical (unpaired) electrons. The summed E-state index contributed by atoms with van der Waals surface area (Å²) in [5, 5.41) is 5.90. The number of aromatic nitrogens is 1. The Morgan fingerprint density at radius 2 is 1.92 bits per heavy atom. The molecule has 126 valence electrons. The summed E-state index contributed by atoms with van der Waals surface area (Å²) >= 11 is 1.33. The van der Waals surface area contributed by atoms with Gasteiger partial charge in [0.05, 0.1) is 30.5 Å². The molecular formula is C15H15N3O5S. The predicted molar refractivity (Wildman–Crippen MR) is 89.7 cm³/mol. The average Bonchev–Trinajstić information content (AvgIpc) is 2.93. The van der Waals surface area contributed by atoms with Crippen LogP contribution in [0.4, 0.5) is 10.8 Å². The van der Waals surface area contributed by atoms with Crippen LogP contribution in [-0.2, 0) is 23.9 Å². The summed E-state index contributed by atoms with van der Waals surface area (Å²) in [4.78, 5) is 38.5. The van der Waals surface area contributed by atoms with E-state index in [2.05, 4.69) is 25.1 Å². The van der Waals surface area contributed by atoms with Gasteiger partial charge in [0.25, 0.3) is 0 Å². The van der Waals surface area contributed by atoms with Crippen LogP contribution in [0.3, 0.4) is 0 Å². The monoisotopic (exact) mass is 349 g/mol. The first-order valence-electron chi connectivity index (χ1n) is 6.76. The number of anilines is 2. The maximum atomic E-state index is 11.7. The van der Waals surface area contributed by atoms with Crippen molar-refractivity contribution in [2.24, 2.45) is 0 Å². The number of fused-ring (bicyclic) bond motifs is 1. The second-order valence-electron chi connectivity index (χ2n) is 4.58. The van der Waals surface area contributed by atoms with Crippen LogP contribution in [-0.4, -0.2) is 37.0 Å². The van der Waals surface area contributed by atoms with Crippen molar-refractivity contribution < 1.29 is 23.9 Å². The van der Waals surface area contributed by atoms with Crippen LogP contribution in [0.5, 0.6) is 0 Å². The number of carbonyl (C=O) groups is 3. The normalized spacial score (nSPS) is 11.0. The first-order valence-corrected chi connectivity index (χ1v) is 7.57. The van der Waals surface area contributed by atoms with Crippen LogP contribution in [0.15, 0.2) is 30.0 Å². The number of hydrogen-bond acceptors (Lipinski definition) is 8. The zero-order chi connectivity index (χ0) is 17.7. The molecule has 0 saturated carbocycles. The standard InChI is InChI=1S/C15H15N3O5S/c1-8(19)16-15-18-10-6-9(4-5-12(10)24-15)17-11(14(21)23-3)7-13(20)22-2/h4-7,17H,1-3H3,(H,16,18,19)/b11-7+. The first kappa shape index (κ1) is 17.4. The molecule has 2 aromatic rings. The van der Waals surface area contributed by atoms with Crippen LogP contribution in [0, 0.1) is 0 Å². The summed E-state index contributed by atoms with van der Waals surface area (Å²) in [5.74, 6) is -1.61. The van der Waals surface area contributed by atoms with E-state index in [1.54, 1.807) is 18.2 Å². The summed E-state index contributed by atoms with van der Waals surface area (Å²) in [6, 6.07) is 5.19. The van der Waals surface area contributed by atoms with Crippen LogP contribution >= 0.6 is 11.3 Å². The molecule has 0 bridgehead atoms. The zero-order valence-corrected chi connectivity index (χ0v) is 14.0. The number of nitrogens with one attached hydrogen (secondary N) is 2. The van der Waals surface area contributed by atoms with Crippen LogP contribution < -0.4 is 10.6 Å². The zero-order valence-electron chi connectivity index (χ0n) is 13.2. The van der Waals surface area contributed by atoms with Gasteiger partial charge in [-0.25, -0.2) is 14.6 Å². The topological polar surface area (TPSA) is 107 Å². The molecule has 0 spiro atoms. The van der Waals surface area contributed by atoms with Gasteiger partial charge >= 0.3 is 11.9 Å². The molecule has 0 atom stereocenters. The van der Waals surface area contributed by atoms with E-state index >= 15 is 0 Å². The summed E-state index contributed by atoms with van der Waals surface area (Å²) in [5.41, 5.74) is 1.10. The lowest BCUT2D eigenvalue weighted by Crippen LogP contribution is -2.15. The fraction of sp³-hybridized carbons (Fsp3) is 0.200. The molecule has 0 fully saturated rings. The number of thiazole rings is 1. The van der Waals surface area contributed by atoms with E-state index in [4.69, 9.17) is 0 Å². The summed E-state index contributed by atoms with van der Waals surface area (Å²) in [6.07, 6.45) is 1.000. The fourth-order valence-electron chi connectivity index (χ4n) is 1.80. The molecule has 0 aliphatic heterocycles. The van der Waals surface area contributed by atoms with Gasteiger partial charge in [-0.15, -0.1) is 0 Å². The lowest BCUT2D eigenvalue weighted by Gasteiger charge is -2.08. The van der Waals surface area contributed by atoms with Gasteiger partial charge in [-0.3, -0.25) is 4.79 Å². The highest BCUT2D eigenvalue weighted by molar-refractivity contribution is 7.22. The Kier molecular flexibility index (Phi) is 5.48. The first-order chi connectivity index (χ1) is 11.4. The molecule has 1 aromatic carbocycles. The van der Waals surface area contributed by atoms with Crippen molar-refractivity contribution in [3.63, 3.8) is 0 Å². The van der Waals surface area contributed by atoms with Gasteiger partial charge < -0.3 is 20.1 Å². The Morgan fingerprint density at radius 1 is 1.17 bits per heavy atom. The Morgan fingerprint density at radius 3 is 2.54 bits per heavy atom. The summed E-state index contributed by atoms with van der Waals surface area (Å²) < 4.78 is 10.00. The minimum Gasteiger partial charge on any atom is -0.466 e. The Balaban J connectivity index is 2.29. The number of rotatable bonds is 5. The van der Waals surface area contributed by atoms with Gasteiger partial charge in [0.2, 0.25) is 5.91 Å². The molecule has 0 saturated heterocycles. The molecule has 8 nitrogen and oxygen atoms in total. The molecule has 24 heavy (non-hydrogen) atoms. The second-order valence-corrected chi connectivity index (χ2v) is 5.61. The highest BCUT2D eigenvalue weighted by Crippen LogP contribution is 2.28. The number of benzene rings is 1. The van der Waals surface area contributed by atoms with Gasteiger partial charge in [-0.1, -0.05) is 11.3 Å². The number of esters is 2. The number of ether oxygens (including phenoxy) is 2. The van der Waals surface area contributed by atoms with E-state index < -0.39 is 11.9 Å². The van der Waals surface area contributed by atoms with E-state index in [1.165, 1.54) is 32.5 Å². The largest absolute Gasteiger partial charge is 0.466 e. The third kappa shape index (κ3) is 4.29. The maximum absolute atomic E-state index is 11.7. The molecule has 1 heterocycles. The quantitative estimate of drug-likeness (QED) is 0.627. The van der Waals surface area contributed by atoms with Crippen molar-refractivity contribution >= 4 is 50.2 Å². The second kappa shape index (κ2) is 7.55. The molecule has 2 rings (SSSR count). The Hall–Kier alpha value is -2.94. The molecule has 1 aromatic heterocycles. The van der Waals surface area contributed by atoms with E-state index in [1.807, 2.05) is 0 Å². The van der Waals surface area contributed by atoms with Gasteiger partial charge in [0, 0.05) is 12.6 Å². The minimum absolute atomic E-state index is 0.0685. The van der Waals surface area contributed by atoms with Crippen molar-refractivity contribution in [3.8, 4) is 0 Å². The van der Waals surface area contributed by atoms with Crippen molar-refractivity contribution in [2.75, 3.05) is 24.9 Å². The third-order valence-electron chi connectivity index (χ3n) is 2.82. The molecule has 0 unspecified atom stereocenters. The molecule has 2 N–H and O–H groups in total. The molecule has 0 aliphatic carbocycles. The van der Waals surface area contributed by atoms with Crippen molar-refractivity contribution in [1.29, 1.82) is 0 Å². The average molecular weight is 349 g/mol. The highest BCUT2D eigenvalue weighted by Gasteiger charge is 2.13. The summed E-state index contributed by atoms with van der Waals surface area (Å²) in [7, 11) is 2.41. The van der Waals surface area contributed by atoms with Crippen LogP contribution in [0.1, 0.15) is 6.92 Å². The smallest absolute Gasteiger partial charge is 0.354 e. The van der Waals surface area contributed by atoms with Crippen LogP contribution in [0.2, 0.25) is 0 Å². The highest BCUT2D eigenvalue weighted by atomic mass is 32.1. The lowest BCUT2D eigenvalue weighted by atomic mass is 10.2. The van der Waals surface area contributed by atoms with Crippen LogP contribution in [0.25, 0.3) is 10.2 Å². The van der Waals surface area contributed by atoms with Gasteiger partial charge in [-0.2, -0.15) is 0 Å². The molecular weight excluding hydrogens is 334 g/mol. The molecule has 9 heteroatoms. The minimum atomic E-state index is -0.710. The van der Waals surface area contributed by atoms with E-state index in [0.29, 0.717) is 16.3 Å². The molecule has 1 amide bonds. The van der Waals surface area contributed by atoms with Gasteiger partial charge in [-0.05, 0) is 18.2 Å². The van der Waals surface area contributed by atoms with E-state index in [9.17, 15) is 14.4 Å². The van der Waals surface area contributed by atoms with E-state index in [0.717, 1.165) is 10.8 Å². The number of nitrogens with zero attached hydrogens (tertiary/aromatic N) is 1. The number of amides is 1. The third-order valence-corrected chi connectivity index (χ3v) is 3.77.